The molecule has 2 aromatic heterocycles. The number of aromatic nitrogens is 3. The van der Waals surface area contributed by atoms with Crippen LogP contribution in [-0.4, -0.2) is 38.2 Å². The summed E-state index contributed by atoms with van der Waals surface area (Å²) < 4.78 is 20.6. The van der Waals surface area contributed by atoms with Gasteiger partial charge in [-0.15, -0.1) is 0 Å². The van der Waals surface area contributed by atoms with Crippen LogP contribution >= 0.6 is 23.1 Å². The van der Waals surface area contributed by atoms with E-state index in [9.17, 15) is 18.8 Å². The Bertz CT molecular complexity index is 1610. The number of imidazole rings is 1. The highest BCUT2D eigenvalue weighted by Crippen LogP contribution is 2.36. The van der Waals surface area contributed by atoms with Crippen molar-refractivity contribution in [3.63, 3.8) is 0 Å². The highest BCUT2D eigenvalue weighted by molar-refractivity contribution is 7.13. The maximum absolute atomic E-state index is 14.2. The predicted octanol–water partition coefficient (Wildman–Crippen LogP) is 3.40. The van der Waals surface area contributed by atoms with Crippen LogP contribution in [0.4, 0.5) is 10.2 Å². The average molecular weight is 538 g/mol. The summed E-state index contributed by atoms with van der Waals surface area (Å²) in [5, 5.41) is 17.6. The molecule has 0 bridgehead atoms. The molecule has 3 heterocycles. The number of nitrogens with one attached hydrogen (secondary N) is 3. The minimum atomic E-state index is -1.01. The van der Waals surface area contributed by atoms with Gasteiger partial charge in [-0.05, 0) is 35.8 Å². The van der Waals surface area contributed by atoms with Gasteiger partial charge in [0.15, 0.2) is 5.82 Å². The number of nitrogens with zero attached hydrogens (tertiary/aromatic N) is 4. The van der Waals surface area contributed by atoms with E-state index in [1.807, 2.05) is 18.2 Å². The second-order valence-electron chi connectivity index (χ2n) is 8.07. The first-order chi connectivity index (χ1) is 17.9. The zero-order chi connectivity index (χ0) is 26.1. The Labute approximate surface area is 218 Å². The molecular weight excluding hydrogens is 521 g/mol. The van der Waals surface area contributed by atoms with Crippen LogP contribution in [0, 0.1) is 17.1 Å². The van der Waals surface area contributed by atoms with E-state index in [0.29, 0.717) is 5.39 Å². The van der Waals surface area contributed by atoms with E-state index < -0.39 is 29.6 Å². The Morgan fingerprint density at radius 2 is 2.08 bits per heavy atom. The van der Waals surface area contributed by atoms with E-state index in [2.05, 4.69) is 25.3 Å². The molecular formula is C24H17ClFN7O3S. The lowest BCUT2D eigenvalue weighted by molar-refractivity contribution is -0.123. The third-order valence-corrected chi connectivity index (χ3v) is 6.88. The van der Waals surface area contributed by atoms with Gasteiger partial charge in [-0.3, -0.25) is 14.4 Å². The number of anilines is 1. The number of carbonyl (C=O) groups excluding carboxylic acids is 3. The molecule has 0 spiro atoms. The summed E-state index contributed by atoms with van der Waals surface area (Å²) in [6.07, 6.45) is 0.0712. The van der Waals surface area contributed by atoms with E-state index in [1.165, 1.54) is 22.8 Å². The lowest BCUT2D eigenvalue weighted by atomic mass is 10.0. The van der Waals surface area contributed by atoms with Crippen LogP contribution in [0.25, 0.3) is 10.1 Å². The summed E-state index contributed by atoms with van der Waals surface area (Å²) in [7, 11) is 0. The highest BCUT2D eigenvalue weighted by atomic mass is 35.5. The first-order valence-electron chi connectivity index (χ1n) is 11.0. The fourth-order valence-electron chi connectivity index (χ4n) is 4.09. The molecule has 0 aliphatic carbocycles. The Balaban J connectivity index is 1.61. The predicted molar refractivity (Wildman–Crippen MR) is 134 cm³/mol. The van der Waals surface area contributed by atoms with Gasteiger partial charge < -0.3 is 20.5 Å². The molecule has 10 nitrogen and oxygen atoms in total. The number of amides is 3. The smallest absolute Gasteiger partial charge is 0.287 e. The molecule has 37 heavy (non-hydrogen) atoms. The third-order valence-electron chi connectivity index (χ3n) is 5.71. The van der Waals surface area contributed by atoms with Gasteiger partial charge in [0.05, 0.1) is 28.9 Å². The van der Waals surface area contributed by atoms with Crippen LogP contribution in [-0.2, 0) is 11.3 Å². The molecule has 0 unspecified atom stereocenters. The van der Waals surface area contributed by atoms with Gasteiger partial charge in [0.25, 0.3) is 11.8 Å². The number of fused-ring (bicyclic) bond motifs is 2. The Morgan fingerprint density at radius 3 is 2.89 bits per heavy atom. The number of hydrogen-bond acceptors (Lipinski definition) is 7. The minimum Gasteiger partial charge on any atom is -0.348 e. The van der Waals surface area contributed by atoms with E-state index in [1.54, 1.807) is 12.1 Å². The van der Waals surface area contributed by atoms with Crippen molar-refractivity contribution in [2.45, 2.75) is 19.0 Å². The summed E-state index contributed by atoms with van der Waals surface area (Å²) in [4.78, 5) is 43.2. The molecule has 3 amide bonds. The molecule has 1 aliphatic rings. The largest absolute Gasteiger partial charge is 0.348 e. The van der Waals surface area contributed by atoms with Gasteiger partial charge in [0.2, 0.25) is 11.7 Å². The maximum atomic E-state index is 14.2. The third kappa shape index (κ3) is 4.62. The van der Waals surface area contributed by atoms with Gasteiger partial charge >= 0.3 is 0 Å². The Hall–Kier alpha value is -4.34. The Kier molecular flexibility index (Phi) is 6.56. The summed E-state index contributed by atoms with van der Waals surface area (Å²) in [6, 6.07) is 11.8. The van der Waals surface area contributed by atoms with Gasteiger partial charge in [0.1, 0.15) is 18.1 Å². The second kappa shape index (κ2) is 9.96. The van der Waals surface area contributed by atoms with Crippen molar-refractivity contribution in [3.8, 4) is 6.07 Å². The molecule has 0 radical (unpaired) electrons. The molecule has 3 N–H and O–H groups in total. The van der Waals surface area contributed by atoms with Crippen LogP contribution in [0.15, 0.2) is 42.5 Å². The molecule has 0 saturated heterocycles. The van der Waals surface area contributed by atoms with Gasteiger partial charge in [-0.2, -0.15) is 9.64 Å². The maximum Gasteiger partial charge on any atom is 0.287 e. The van der Waals surface area contributed by atoms with Crippen molar-refractivity contribution in [3.05, 3.63) is 76.1 Å². The van der Waals surface area contributed by atoms with E-state index in [0.717, 1.165) is 16.2 Å². The second-order valence-corrected chi connectivity index (χ2v) is 9.28. The van der Waals surface area contributed by atoms with Crippen molar-refractivity contribution in [2.24, 2.45) is 0 Å². The number of benzene rings is 2. The molecule has 13 heteroatoms. The number of halogens is 2. The summed E-state index contributed by atoms with van der Waals surface area (Å²) in [5.41, 5.74) is 0.634. The lowest BCUT2D eigenvalue weighted by Gasteiger charge is -2.28. The van der Waals surface area contributed by atoms with Crippen molar-refractivity contribution in [2.75, 3.05) is 11.9 Å². The summed E-state index contributed by atoms with van der Waals surface area (Å²) >= 11 is 7.51. The monoisotopic (exact) mass is 537 g/mol. The molecule has 1 aliphatic heterocycles. The molecule has 186 valence electrons. The fraction of sp³-hybridized carbons (Fsp3) is 0.167. The van der Waals surface area contributed by atoms with E-state index in [-0.39, 0.29) is 53.1 Å². The van der Waals surface area contributed by atoms with Crippen LogP contribution in [0.1, 0.15) is 44.8 Å². The molecule has 5 rings (SSSR count). The standard InChI is InChI=1S/C24H17ClFN7O3S/c25-15-7-6-12(26)10-14(15)18-20-21(31-23(35)19-13-4-1-2-5-16(13)37-32-19)30-22(24(36)28-9-3-8-27)33(20)11-17(34)29-18/h1-2,4-7,10,18H,3,9,11H2,(H,28,36)(H,29,34)(H,31,35)/t18-/m1/s1. The lowest BCUT2D eigenvalue weighted by Crippen LogP contribution is -2.41. The molecule has 4 aromatic rings. The van der Waals surface area contributed by atoms with Crippen molar-refractivity contribution >= 4 is 56.8 Å². The number of nitriles is 1. The first kappa shape index (κ1) is 24.4. The summed E-state index contributed by atoms with van der Waals surface area (Å²) in [6.45, 7) is -0.211. The number of carbonyl (C=O) groups is 3. The minimum absolute atomic E-state index is 0.0159. The normalized spacial score (nSPS) is 14.5. The molecule has 1 atom stereocenters. The number of hydrogen-bond donors (Lipinski definition) is 3. The van der Waals surface area contributed by atoms with E-state index >= 15 is 0 Å². The van der Waals surface area contributed by atoms with Crippen LogP contribution in [0.2, 0.25) is 5.02 Å². The topological polar surface area (TPSA) is 142 Å². The SMILES string of the molecule is N#CCCNC(=O)c1nc(NC(=O)c2nsc3ccccc23)c2n1CC(=O)N[C@@H]2c1cc(F)ccc1Cl. The first-order valence-corrected chi connectivity index (χ1v) is 12.2. The van der Waals surface area contributed by atoms with Crippen LogP contribution < -0.4 is 16.0 Å². The number of rotatable bonds is 6. The highest BCUT2D eigenvalue weighted by Gasteiger charge is 2.36. The van der Waals surface area contributed by atoms with E-state index in [4.69, 9.17) is 16.9 Å². The van der Waals surface area contributed by atoms with Crippen LogP contribution in [0.5, 0.6) is 0 Å². The Morgan fingerprint density at radius 1 is 1.27 bits per heavy atom. The van der Waals surface area contributed by atoms with Crippen molar-refractivity contribution in [1.29, 1.82) is 5.26 Å². The molecule has 0 saturated carbocycles. The summed E-state index contributed by atoms with van der Waals surface area (Å²) in [5.74, 6) is -2.44. The van der Waals surface area contributed by atoms with Crippen molar-refractivity contribution in [1.82, 2.24) is 24.6 Å². The zero-order valence-corrected chi connectivity index (χ0v) is 20.5. The van der Waals surface area contributed by atoms with Crippen LogP contribution in [0.3, 0.4) is 0 Å². The molecule has 0 fully saturated rings. The van der Waals surface area contributed by atoms with Crippen molar-refractivity contribution < 1.29 is 18.8 Å². The zero-order valence-electron chi connectivity index (χ0n) is 18.9. The van der Waals surface area contributed by atoms with Gasteiger partial charge in [0, 0.05) is 22.5 Å². The molecule has 2 aromatic carbocycles. The van der Waals surface area contributed by atoms with Gasteiger partial charge in [-0.25, -0.2) is 9.37 Å². The average Bonchev–Trinajstić information content (AvgIpc) is 3.47. The van der Waals surface area contributed by atoms with Gasteiger partial charge in [-0.1, -0.05) is 29.8 Å². The fourth-order valence-corrected chi connectivity index (χ4v) is 5.09. The quantitative estimate of drug-likeness (QED) is 0.322.